The summed E-state index contributed by atoms with van der Waals surface area (Å²) in [7, 11) is 1.77. The van der Waals surface area contributed by atoms with Gasteiger partial charge in [-0.1, -0.05) is 0 Å². The number of nitrogens with two attached hydrogens (primary N) is 1. The molecule has 0 radical (unpaired) electrons. The molecular formula is C11H17ClN6O2. The lowest BCUT2D eigenvalue weighted by Crippen LogP contribution is -2.40. The van der Waals surface area contributed by atoms with Crippen LogP contribution in [0.4, 0.5) is 23.3 Å². The zero-order chi connectivity index (χ0) is 14.3. The quantitative estimate of drug-likeness (QED) is 0.578. The van der Waals surface area contributed by atoms with Crippen LogP contribution >= 0.6 is 11.6 Å². The van der Waals surface area contributed by atoms with E-state index >= 15 is 0 Å². The molecule has 3 unspecified atom stereocenters. The summed E-state index contributed by atoms with van der Waals surface area (Å²) < 4.78 is 5.76. The SMILES string of the molecule is CNc1nc(N)nc2c1NCN2C1OC(CO)CC1Cl. The molecule has 20 heavy (non-hydrogen) atoms. The van der Waals surface area contributed by atoms with Crippen molar-refractivity contribution in [3.05, 3.63) is 0 Å². The molecule has 2 aliphatic rings. The monoisotopic (exact) mass is 300 g/mol. The number of hydrogen-bond donors (Lipinski definition) is 4. The first-order chi connectivity index (χ1) is 9.63. The van der Waals surface area contributed by atoms with Gasteiger partial charge in [0.1, 0.15) is 11.9 Å². The van der Waals surface area contributed by atoms with Gasteiger partial charge in [0.15, 0.2) is 11.6 Å². The van der Waals surface area contributed by atoms with Gasteiger partial charge in [0, 0.05) is 7.05 Å². The highest BCUT2D eigenvalue weighted by Crippen LogP contribution is 2.40. The standard InChI is InChI=1S/C11H17ClN6O2/c1-14-8-7-9(17-11(13)16-8)18(4-15-7)10-6(12)2-5(3-19)20-10/h5-6,10,15,19H,2-4H2,1H3,(H3,13,14,16,17). The van der Waals surface area contributed by atoms with Crippen molar-refractivity contribution >= 4 is 34.9 Å². The number of halogens is 1. The number of nitrogen functional groups attached to an aromatic ring is 1. The lowest BCUT2D eigenvalue weighted by molar-refractivity contribution is 0.0119. The number of rotatable bonds is 3. The highest BCUT2D eigenvalue weighted by Gasteiger charge is 2.41. The van der Waals surface area contributed by atoms with E-state index < -0.39 is 0 Å². The van der Waals surface area contributed by atoms with Gasteiger partial charge >= 0.3 is 0 Å². The van der Waals surface area contributed by atoms with E-state index in [4.69, 9.17) is 22.1 Å². The second-order valence-corrected chi connectivity index (χ2v) is 5.33. The Bertz CT molecular complexity index is 516. The predicted octanol–water partition coefficient (Wildman–Crippen LogP) is 0.00460. The number of aliphatic hydroxyl groups excluding tert-OH is 1. The number of nitrogens with one attached hydrogen (secondary N) is 2. The molecule has 5 N–H and O–H groups in total. The van der Waals surface area contributed by atoms with E-state index in [1.807, 2.05) is 4.90 Å². The fourth-order valence-corrected chi connectivity index (χ4v) is 2.95. The van der Waals surface area contributed by atoms with Crippen LogP contribution in [0.15, 0.2) is 0 Å². The summed E-state index contributed by atoms with van der Waals surface area (Å²) in [5.41, 5.74) is 6.51. The molecule has 1 aromatic heterocycles. The first kappa shape index (κ1) is 13.5. The molecule has 1 aromatic rings. The number of fused-ring (bicyclic) bond motifs is 1. The zero-order valence-electron chi connectivity index (χ0n) is 11.0. The molecule has 110 valence electrons. The molecule has 3 atom stereocenters. The summed E-state index contributed by atoms with van der Waals surface area (Å²) in [6.45, 7) is 0.468. The van der Waals surface area contributed by atoms with Gasteiger partial charge in [0.05, 0.1) is 24.8 Å². The number of aliphatic hydroxyl groups is 1. The van der Waals surface area contributed by atoms with Gasteiger partial charge in [-0.25, -0.2) is 0 Å². The maximum atomic E-state index is 9.19. The highest BCUT2D eigenvalue weighted by atomic mass is 35.5. The van der Waals surface area contributed by atoms with Crippen LogP contribution in [-0.2, 0) is 4.74 Å². The molecule has 9 heteroatoms. The van der Waals surface area contributed by atoms with Crippen molar-refractivity contribution in [2.75, 3.05) is 41.6 Å². The lowest BCUT2D eigenvalue weighted by Gasteiger charge is -2.26. The first-order valence-corrected chi connectivity index (χ1v) is 6.84. The third-order valence-electron chi connectivity index (χ3n) is 3.48. The van der Waals surface area contributed by atoms with Crippen molar-refractivity contribution in [1.82, 2.24) is 9.97 Å². The number of anilines is 4. The van der Waals surface area contributed by atoms with Gasteiger partial charge in [-0.3, -0.25) is 0 Å². The van der Waals surface area contributed by atoms with Crippen molar-refractivity contribution in [3.63, 3.8) is 0 Å². The highest BCUT2D eigenvalue weighted by molar-refractivity contribution is 6.21. The summed E-state index contributed by atoms with van der Waals surface area (Å²) in [6.07, 6.45) is 0.0182. The minimum atomic E-state index is -0.346. The number of ether oxygens (including phenoxy) is 1. The fraction of sp³-hybridized carbons (Fsp3) is 0.636. The van der Waals surface area contributed by atoms with Crippen LogP contribution in [0.25, 0.3) is 0 Å². The second-order valence-electron chi connectivity index (χ2n) is 4.77. The van der Waals surface area contributed by atoms with Crippen molar-refractivity contribution in [2.45, 2.75) is 24.1 Å². The average Bonchev–Trinajstić information content (AvgIpc) is 3.00. The Kier molecular flexibility index (Phi) is 3.45. The Hall–Kier alpha value is -1.51. The van der Waals surface area contributed by atoms with Gasteiger partial charge in [0.25, 0.3) is 0 Å². The summed E-state index contributed by atoms with van der Waals surface area (Å²) in [5.74, 6) is 1.48. The largest absolute Gasteiger partial charge is 0.394 e. The van der Waals surface area contributed by atoms with E-state index in [0.717, 1.165) is 5.69 Å². The third kappa shape index (κ3) is 2.09. The summed E-state index contributed by atoms with van der Waals surface area (Å²) >= 11 is 6.32. The maximum Gasteiger partial charge on any atom is 0.224 e. The van der Waals surface area contributed by atoms with Crippen LogP contribution in [0.5, 0.6) is 0 Å². The average molecular weight is 301 g/mol. The van der Waals surface area contributed by atoms with E-state index in [-0.39, 0.29) is 30.3 Å². The Morgan fingerprint density at radius 1 is 1.60 bits per heavy atom. The molecule has 0 aromatic carbocycles. The minimum Gasteiger partial charge on any atom is -0.394 e. The molecule has 0 saturated carbocycles. The van der Waals surface area contributed by atoms with Crippen molar-refractivity contribution in [3.8, 4) is 0 Å². The van der Waals surface area contributed by atoms with Gasteiger partial charge in [-0.05, 0) is 6.42 Å². The predicted molar refractivity (Wildman–Crippen MR) is 77.0 cm³/mol. The fourth-order valence-electron chi connectivity index (χ4n) is 2.56. The number of aromatic nitrogens is 2. The summed E-state index contributed by atoms with van der Waals surface area (Å²) in [6, 6.07) is 0. The molecule has 1 saturated heterocycles. The van der Waals surface area contributed by atoms with E-state index in [2.05, 4.69) is 20.6 Å². The molecule has 0 spiro atoms. The molecule has 3 heterocycles. The Labute approximate surface area is 121 Å². The molecule has 2 aliphatic heterocycles. The van der Waals surface area contributed by atoms with Gasteiger partial charge in [-0.15, -0.1) is 11.6 Å². The normalized spacial score (nSPS) is 28.4. The van der Waals surface area contributed by atoms with Crippen LogP contribution < -0.4 is 21.3 Å². The molecule has 1 fully saturated rings. The van der Waals surface area contributed by atoms with E-state index in [0.29, 0.717) is 24.7 Å². The molecule has 0 aliphatic carbocycles. The summed E-state index contributed by atoms with van der Waals surface area (Å²) in [4.78, 5) is 10.3. The van der Waals surface area contributed by atoms with Gasteiger partial charge in [0.2, 0.25) is 5.95 Å². The van der Waals surface area contributed by atoms with E-state index in [1.54, 1.807) is 7.05 Å². The number of hydrogen-bond acceptors (Lipinski definition) is 8. The minimum absolute atomic E-state index is 0.0402. The molecule has 3 rings (SSSR count). The third-order valence-corrected chi connectivity index (χ3v) is 3.88. The molecule has 0 bridgehead atoms. The summed E-state index contributed by atoms with van der Waals surface area (Å²) in [5, 5.41) is 15.2. The number of alkyl halides is 1. The van der Waals surface area contributed by atoms with Crippen LogP contribution in [-0.4, -0.2) is 53.1 Å². The molecular weight excluding hydrogens is 284 g/mol. The van der Waals surface area contributed by atoms with Gasteiger partial charge in [-0.2, -0.15) is 9.97 Å². The van der Waals surface area contributed by atoms with E-state index in [9.17, 15) is 5.11 Å². The van der Waals surface area contributed by atoms with Crippen LogP contribution in [0.3, 0.4) is 0 Å². The van der Waals surface area contributed by atoms with Gasteiger partial charge < -0.3 is 31.1 Å². The Morgan fingerprint density at radius 3 is 3.05 bits per heavy atom. The molecule has 8 nitrogen and oxygen atoms in total. The molecule has 0 amide bonds. The first-order valence-electron chi connectivity index (χ1n) is 6.40. The lowest BCUT2D eigenvalue weighted by atomic mass is 10.2. The van der Waals surface area contributed by atoms with Crippen LogP contribution in [0.1, 0.15) is 6.42 Å². The van der Waals surface area contributed by atoms with E-state index in [1.165, 1.54) is 0 Å². The second kappa shape index (κ2) is 5.12. The Balaban J connectivity index is 1.91. The van der Waals surface area contributed by atoms with Crippen LogP contribution in [0.2, 0.25) is 0 Å². The van der Waals surface area contributed by atoms with Crippen molar-refractivity contribution < 1.29 is 9.84 Å². The number of nitrogens with zero attached hydrogens (tertiary/aromatic N) is 3. The maximum absolute atomic E-state index is 9.19. The van der Waals surface area contributed by atoms with Crippen molar-refractivity contribution in [1.29, 1.82) is 0 Å². The Morgan fingerprint density at radius 2 is 2.40 bits per heavy atom. The topological polar surface area (TPSA) is 109 Å². The van der Waals surface area contributed by atoms with Crippen LogP contribution in [0, 0.1) is 0 Å². The van der Waals surface area contributed by atoms with Crippen molar-refractivity contribution in [2.24, 2.45) is 0 Å². The smallest absolute Gasteiger partial charge is 0.224 e. The zero-order valence-corrected chi connectivity index (χ0v) is 11.8.